The zero-order chi connectivity index (χ0) is 21.3. The number of hydrogen-bond acceptors (Lipinski definition) is 5. The van der Waals surface area contributed by atoms with E-state index in [1.165, 1.54) is 11.1 Å². The van der Waals surface area contributed by atoms with E-state index in [4.69, 9.17) is 14.2 Å². The molecule has 1 fully saturated rings. The molecule has 1 aromatic carbocycles. The monoisotopic (exact) mass is 543 g/mol. The third-order valence-electron chi connectivity index (χ3n) is 5.32. The molecule has 0 bridgehead atoms. The second-order valence-corrected chi connectivity index (χ2v) is 7.27. The number of aliphatic imine (C=N–C) groups is 1. The molecule has 3 rings (SSSR count). The Balaban J connectivity index is 0.00000341. The Bertz CT molecular complexity index is 836. The molecular weight excluding hydrogens is 509 g/mol. The lowest BCUT2D eigenvalue weighted by atomic mass is 10.0. The zero-order valence-corrected chi connectivity index (χ0v) is 21.1. The molecule has 9 heteroatoms. The van der Waals surface area contributed by atoms with Crippen molar-refractivity contribution in [2.24, 2.45) is 12.0 Å². The maximum Gasteiger partial charge on any atom is 0.191 e. The Labute approximate surface area is 202 Å². The molecule has 8 nitrogen and oxygen atoms in total. The normalized spacial score (nSPS) is 15.7. The molecule has 2 aromatic rings. The van der Waals surface area contributed by atoms with E-state index in [-0.39, 0.29) is 30.0 Å². The summed E-state index contributed by atoms with van der Waals surface area (Å²) in [5.41, 5.74) is 2.38. The highest BCUT2D eigenvalue weighted by Crippen LogP contribution is 2.32. The Kier molecular flexibility index (Phi) is 10.4. The second kappa shape index (κ2) is 12.8. The van der Waals surface area contributed by atoms with Gasteiger partial charge in [0, 0.05) is 52.7 Å². The van der Waals surface area contributed by atoms with Crippen molar-refractivity contribution in [1.29, 1.82) is 0 Å². The van der Waals surface area contributed by atoms with E-state index in [0.717, 1.165) is 50.3 Å². The number of halogens is 1. The first kappa shape index (κ1) is 25.3. The number of guanidine groups is 1. The summed E-state index contributed by atoms with van der Waals surface area (Å²) < 4.78 is 18.5. The van der Waals surface area contributed by atoms with Gasteiger partial charge in [-0.1, -0.05) is 6.07 Å². The van der Waals surface area contributed by atoms with Crippen molar-refractivity contribution in [3.05, 3.63) is 47.8 Å². The number of ether oxygens (including phenoxy) is 3. The molecule has 1 unspecified atom stereocenters. The minimum atomic E-state index is 0. The van der Waals surface area contributed by atoms with Gasteiger partial charge in [-0.25, -0.2) is 0 Å². The van der Waals surface area contributed by atoms with Crippen LogP contribution in [0.5, 0.6) is 11.5 Å². The van der Waals surface area contributed by atoms with Gasteiger partial charge >= 0.3 is 0 Å². The fourth-order valence-corrected chi connectivity index (χ4v) is 3.67. The molecule has 0 saturated carbocycles. The first-order valence-electron chi connectivity index (χ1n) is 10.2. The van der Waals surface area contributed by atoms with Gasteiger partial charge in [0.2, 0.25) is 0 Å². The van der Waals surface area contributed by atoms with E-state index in [1.54, 1.807) is 21.3 Å². The van der Waals surface area contributed by atoms with Gasteiger partial charge in [0.25, 0.3) is 0 Å². The lowest BCUT2D eigenvalue weighted by Crippen LogP contribution is -2.46. The van der Waals surface area contributed by atoms with Gasteiger partial charge < -0.3 is 29.4 Å². The van der Waals surface area contributed by atoms with Crippen LogP contribution in [0.4, 0.5) is 0 Å². The highest BCUT2D eigenvalue weighted by Gasteiger charge is 2.24. The van der Waals surface area contributed by atoms with E-state index in [0.29, 0.717) is 6.54 Å². The van der Waals surface area contributed by atoms with Crippen LogP contribution in [0.3, 0.4) is 0 Å². The van der Waals surface area contributed by atoms with Crippen LogP contribution >= 0.6 is 24.0 Å². The Morgan fingerprint density at radius 2 is 1.87 bits per heavy atom. The number of aryl methyl sites for hydroxylation is 1. The van der Waals surface area contributed by atoms with Gasteiger partial charge in [0.05, 0.1) is 33.5 Å². The van der Waals surface area contributed by atoms with E-state index in [2.05, 4.69) is 44.9 Å². The van der Waals surface area contributed by atoms with E-state index in [9.17, 15) is 0 Å². The van der Waals surface area contributed by atoms with Crippen molar-refractivity contribution in [3.8, 4) is 11.5 Å². The summed E-state index contributed by atoms with van der Waals surface area (Å²) in [4.78, 5) is 6.81. The predicted octanol–water partition coefficient (Wildman–Crippen LogP) is 2.40. The SMILES string of the molecule is CN=C(NCc1ccn(C)c1)NCC(c1ccc(OC)c(OC)c1)N1CCOCC1.I. The first-order chi connectivity index (χ1) is 14.6. The van der Waals surface area contributed by atoms with Gasteiger partial charge in [-0.3, -0.25) is 9.89 Å². The molecule has 1 atom stereocenters. The summed E-state index contributed by atoms with van der Waals surface area (Å²) in [6.45, 7) is 4.69. The highest BCUT2D eigenvalue weighted by atomic mass is 127. The van der Waals surface area contributed by atoms with Gasteiger partial charge in [0.1, 0.15) is 0 Å². The number of morpholine rings is 1. The first-order valence-corrected chi connectivity index (χ1v) is 10.2. The summed E-state index contributed by atoms with van der Waals surface area (Å²) >= 11 is 0. The van der Waals surface area contributed by atoms with Crippen LogP contribution in [0.1, 0.15) is 17.2 Å². The molecule has 1 saturated heterocycles. The summed E-state index contributed by atoms with van der Waals surface area (Å²) in [5, 5.41) is 6.87. The molecule has 1 aromatic heterocycles. The molecule has 1 aliphatic heterocycles. The maximum absolute atomic E-state index is 5.56. The average molecular weight is 543 g/mol. The number of aromatic nitrogens is 1. The average Bonchev–Trinajstić information content (AvgIpc) is 3.21. The number of rotatable bonds is 8. The van der Waals surface area contributed by atoms with E-state index in [1.807, 2.05) is 23.9 Å². The molecule has 0 aliphatic carbocycles. The van der Waals surface area contributed by atoms with Crippen molar-refractivity contribution in [1.82, 2.24) is 20.1 Å². The van der Waals surface area contributed by atoms with Gasteiger partial charge in [-0.2, -0.15) is 0 Å². The smallest absolute Gasteiger partial charge is 0.191 e. The molecule has 0 radical (unpaired) electrons. The Hall–Kier alpha value is -1.98. The number of benzene rings is 1. The van der Waals surface area contributed by atoms with Crippen molar-refractivity contribution < 1.29 is 14.2 Å². The predicted molar refractivity (Wildman–Crippen MR) is 134 cm³/mol. The van der Waals surface area contributed by atoms with E-state index >= 15 is 0 Å². The van der Waals surface area contributed by atoms with Gasteiger partial charge in [-0.15, -0.1) is 24.0 Å². The van der Waals surface area contributed by atoms with Gasteiger partial charge in [0.15, 0.2) is 17.5 Å². The quantitative estimate of drug-likeness (QED) is 0.303. The number of methoxy groups -OCH3 is 2. The fraction of sp³-hybridized carbons (Fsp3) is 0.500. The lowest BCUT2D eigenvalue weighted by molar-refractivity contribution is 0.0169. The molecule has 2 heterocycles. The number of nitrogens with zero attached hydrogens (tertiary/aromatic N) is 3. The van der Waals surface area contributed by atoms with Crippen LogP contribution in [0.15, 0.2) is 41.7 Å². The van der Waals surface area contributed by atoms with Crippen molar-refractivity contribution in [3.63, 3.8) is 0 Å². The summed E-state index contributed by atoms with van der Waals surface area (Å²) in [5.74, 6) is 2.24. The minimum Gasteiger partial charge on any atom is -0.493 e. The van der Waals surface area contributed by atoms with Crippen LogP contribution < -0.4 is 20.1 Å². The molecule has 0 spiro atoms. The van der Waals surface area contributed by atoms with Crippen molar-refractivity contribution >= 4 is 29.9 Å². The summed E-state index contributed by atoms with van der Waals surface area (Å²) in [6.07, 6.45) is 4.14. The second-order valence-electron chi connectivity index (χ2n) is 7.27. The van der Waals surface area contributed by atoms with Crippen LogP contribution in [-0.4, -0.2) is 69.5 Å². The van der Waals surface area contributed by atoms with Crippen LogP contribution in [-0.2, 0) is 18.3 Å². The van der Waals surface area contributed by atoms with Crippen LogP contribution in [0, 0.1) is 0 Å². The third kappa shape index (κ3) is 7.01. The molecule has 2 N–H and O–H groups in total. The standard InChI is InChI=1S/C22H33N5O3.HI/c1-23-22(24-14-17-7-8-26(2)16-17)25-15-19(27-9-11-30-12-10-27)18-5-6-20(28-3)21(13-18)29-4;/h5-8,13,16,19H,9-12,14-15H2,1-4H3,(H2,23,24,25);1H. The largest absolute Gasteiger partial charge is 0.493 e. The molecule has 0 amide bonds. The van der Waals surface area contributed by atoms with Gasteiger partial charge in [-0.05, 0) is 29.3 Å². The summed E-state index contributed by atoms with van der Waals surface area (Å²) in [7, 11) is 7.13. The molecule has 1 aliphatic rings. The zero-order valence-electron chi connectivity index (χ0n) is 18.8. The fourth-order valence-electron chi connectivity index (χ4n) is 3.67. The summed E-state index contributed by atoms with van der Waals surface area (Å²) in [6, 6.07) is 8.37. The molecule has 31 heavy (non-hydrogen) atoms. The Morgan fingerprint density at radius 1 is 1.13 bits per heavy atom. The van der Waals surface area contributed by atoms with Crippen molar-refractivity contribution in [2.75, 3.05) is 54.1 Å². The Morgan fingerprint density at radius 3 is 2.48 bits per heavy atom. The number of hydrogen-bond donors (Lipinski definition) is 2. The molecular formula is C22H34IN5O3. The minimum absolute atomic E-state index is 0. The number of nitrogens with one attached hydrogen (secondary N) is 2. The topological polar surface area (TPSA) is 72.3 Å². The van der Waals surface area contributed by atoms with Crippen molar-refractivity contribution in [2.45, 2.75) is 12.6 Å². The van der Waals surface area contributed by atoms with Crippen LogP contribution in [0.25, 0.3) is 0 Å². The maximum atomic E-state index is 5.56. The lowest BCUT2D eigenvalue weighted by Gasteiger charge is -2.35. The highest BCUT2D eigenvalue weighted by molar-refractivity contribution is 14.0. The van der Waals surface area contributed by atoms with E-state index < -0.39 is 0 Å². The third-order valence-corrected chi connectivity index (χ3v) is 5.32. The molecule has 172 valence electrons. The van der Waals surface area contributed by atoms with Crippen LogP contribution in [0.2, 0.25) is 0 Å².